The first-order chi connectivity index (χ1) is 21.2. The molecule has 2 aromatic rings. The summed E-state index contributed by atoms with van der Waals surface area (Å²) in [6.07, 6.45) is 4.72. The number of ether oxygens (including phenoxy) is 2. The van der Waals surface area contributed by atoms with Crippen LogP contribution in [0.1, 0.15) is 33.1 Å². The van der Waals surface area contributed by atoms with E-state index < -0.39 is 29.1 Å². The van der Waals surface area contributed by atoms with Crippen LogP contribution in [0.5, 0.6) is 5.75 Å². The fraction of sp³-hybridized carbons (Fsp3) is 0.441. The average Bonchev–Trinajstić information content (AvgIpc) is 3.63. The maximum absolute atomic E-state index is 14.6. The van der Waals surface area contributed by atoms with E-state index in [1.165, 1.54) is 4.90 Å². The number of aliphatic hydroxyl groups excluding tert-OH is 1. The highest BCUT2D eigenvalue weighted by Crippen LogP contribution is 2.64. The maximum Gasteiger partial charge on any atom is 0.253 e. The van der Waals surface area contributed by atoms with Crippen LogP contribution in [0.2, 0.25) is 5.02 Å². The van der Waals surface area contributed by atoms with E-state index in [4.69, 9.17) is 21.1 Å². The minimum Gasteiger partial charge on any atom is -0.494 e. The van der Waals surface area contributed by atoms with Gasteiger partial charge in [-0.1, -0.05) is 30.7 Å². The lowest BCUT2D eigenvalue weighted by Crippen LogP contribution is -2.57. The fourth-order valence-corrected chi connectivity index (χ4v) is 7.58. The number of rotatable bonds is 13. The smallest absolute Gasteiger partial charge is 0.253 e. The van der Waals surface area contributed by atoms with Gasteiger partial charge in [-0.25, -0.2) is 0 Å². The third-order valence-electron chi connectivity index (χ3n) is 9.27. The van der Waals surface area contributed by atoms with E-state index in [-0.39, 0.29) is 44.0 Å². The zero-order valence-electron chi connectivity index (χ0n) is 25.3. The SMILES string of the molecule is C=CCN(C(=O)C1N(CCO)C(=O)[C@@H]2[C@@H](C(=O)N(CC=C)c3ccc(OCC)cc3)[C@@]3(CC)CCC12O3)c1ccc(Cl)cc1. The highest BCUT2D eigenvalue weighted by Gasteiger charge is 2.79. The van der Waals surface area contributed by atoms with Gasteiger partial charge in [0.05, 0.1) is 30.7 Å². The molecule has 2 bridgehead atoms. The number of β-amino-alcohol motifs (C(OH)–C–C–N with tert-alkyl or cyclic N) is 1. The third kappa shape index (κ3) is 5.10. The summed E-state index contributed by atoms with van der Waals surface area (Å²) in [4.78, 5) is 48.2. The van der Waals surface area contributed by atoms with Gasteiger partial charge in [-0.05, 0) is 74.7 Å². The average molecular weight is 622 g/mol. The molecular weight excluding hydrogens is 582 g/mol. The Labute approximate surface area is 263 Å². The van der Waals surface area contributed by atoms with Crippen LogP contribution in [0.3, 0.4) is 0 Å². The van der Waals surface area contributed by atoms with Crippen LogP contribution in [0.4, 0.5) is 11.4 Å². The molecule has 10 heteroatoms. The van der Waals surface area contributed by atoms with Crippen LogP contribution in [0.15, 0.2) is 73.8 Å². The van der Waals surface area contributed by atoms with Crippen molar-refractivity contribution in [3.8, 4) is 5.75 Å². The lowest BCUT2D eigenvalue weighted by molar-refractivity contribution is -0.146. The molecule has 2 aromatic carbocycles. The van der Waals surface area contributed by atoms with Crippen molar-refractivity contribution < 1.29 is 29.0 Å². The number of fused-ring (bicyclic) bond motifs is 1. The number of halogens is 1. The van der Waals surface area contributed by atoms with Crippen molar-refractivity contribution in [3.63, 3.8) is 0 Å². The molecule has 3 amide bonds. The first-order valence-corrected chi connectivity index (χ1v) is 15.5. The van der Waals surface area contributed by atoms with Crippen LogP contribution in [-0.2, 0) is 19.1 Å². The predicted octanol–water partition coefficient (Wildman–Crippen LogP) is 4.62. The van der Waals surface area contributed by atoms with Gasteiger partial charge in [0, 0.05) is 36.0 Å². The molecule has 3 heterocycles. The van der Waals surface area contributed by atoms with Crippen LogP contribution < -0.4 is 14.5 Å². The first kappa shape index (κ1) is 31.8. The molecule has 3 saturated heterocycles. The van der Waals surface area contributed by atoms with Crippen molar-refractivity contribution in [3.05, 3.63) is 78.9 Å². The monoisotopic (exact) mass is 621 g/mol. The van der Waals surface area contributed by atoms with Crippen molar-refractivity contribution in [2.45, 2.75) is 50.4 Å². The highest BCUT2D eigenvalue weighted by atomic mass is 35.5. The van der Waals surface area contributed by atoms with Crippen molar-refractivity contribution in [1.82, 2.24) is 4.90 Å². The summed E-state index contributed by atoms with van der Waals surface area (Å²) in [5, 5.41) is 10.5. The van der Waals surface area contributed by atoms with Crippen molar-refractivity contribution in [1.29, 1.82) is 0 Å². The van der Waals surface area contributed by atoms with E-state index in [2.05, 4.69) is 13.2 Å². The Morgan fingerprint density at radius 1 is 1.02 bits per heavy atom. The Hall–Kier alpha value is -3.66. The molecular formula is C34H40ClN3O6. The maximum atomic E-state index is 14.6. The predicted molar refractivity (Wildman–Crippen MR) is 170 cm³/mol. The van der Waals surface area contributed by atoms with E-state index in [0.29, 0.717) is 48.0 Å². The molecule has 44 heavy (non-hydrogen) atoms. The topological polar surface area (TPSA) is 99.6 Å². The molecule has 0 aliphatic carbocycles. The number of likely N-dealkylation sites (tertiary alicyclic amines) is 1. The number of anilines is 2. The molecule has 0 radical (unpaired) electrons. The van der Waals surface area contributed by atoms with Gasteiger partial charge >= 0.3 is 0 Å². The summed E-state index contributed by atoms with van der Waals surface area (Å²) in [6.45, 7) is 12.1. The Bertz CT molecular complexity index is 1420. The number of hydrogen-bond acceptors (Lipinski definition) is 6. The van der Waals surface area contributed by atoms with Gasteiger partial charge in [-0.2, -0.15) is 0 Å². The summed E-state index contributed by atoms with van der Waals surface area (Å²) in [5.41, 5.74) is -0.917. The Morgan fingerprint density at radius 2 is 1.61 bits per heavy atom. The van der Waals surface area contributed by atoms with Crippen LogP contribution in [0.25, 0.3) is 0 Å². The third-order valence-corrected chi connectivity index (χ3v) is 9.53. The molecule has 3 fully saturated rings. The van der Waals surface area contributed by atoms with Gasteiger partial charge < -0.3 is 29.3 Å². The number of nitrogens with zero attached hydrogens (tertiary/aromatic N) is 3. The molecule has 5 atom stereocenters. The van der Waals surface area contributed by atoms with Gasteiger partial charge in [-0.3, -0.25) is 14.4 Å². The molecule has 3 aliphatic heterocycles. The van der Waals surface area contributed by atoms with Gasteiger partial charge in [0.15, 0.2) is 0 Å². The number of carbonyl (C=O) groups is 3. The lowest BCUT2D eigenvalue weighted by Gasteiger charge is -2.37. The molecule has 3 aliphatic rings. The number of aliphatic hydroxyl groups is 1. The number of carbonyl (C=O) groups excluding carboxylic acids is 3. The summed E-state index contributed by atoms with van der Waals surface area (Å²) in [5.74, 6) is -2.01. The second-order valence-corrected chi connectivity index (χ2v) is 11.9. The second kappa shape index (κ2) is 12.8. The van der Waals surface area contributed by atoms with E-state index in [9.17, 15) is 19.5 Å². The summed E-state index contributed by atoms with van der Waals surface area (Å²) >= 11 is 6.13. The van der Waals surface area contributed by atoms with Gasteiger partial charge in [0.1, 0.15) is 17.4 Å². The number of amides is 3. The molecule has 0 aromatic heterocycles. The molecule has 1 N–H and O–H groups in total. The van der Waals surface area contributed by atoms with Crippen LogP contribution >= 0.6 is 11.6 Å². The van der Waals surface area contributed by atoms with E-state index >= 15 is 0 Å². The van der Waals surface area contributed by atoms with Crippen molar-refractivity contribution in [2.24, 2.45) is 11.8 Å². The normalized spacial score (nSPS) is 26.8. The Balaban J connectivity index is 1.57. The first-order valence-electron chi connectivity index (χ1n) is 15.2. The summed E-state index contributed by atoms with van der Waals surface area (Å²) in [6, 6.07) is 13.1. The summed E-state index contributed by atoms with van der Waals surface area (Å²) < 4.78 is 12.5. The molecule has 2 unspecified atom stereocenters. The van der Waals surface area contributed by atoms with Crippen molar-refractivity contribution in [2.75, 3.05) is 42.6 Å². The minimum absolute atomic E-state index is 0.0608. The largest absolute Gasteiger partial charge is 0.494 e. The summed E-state index contributed by atoms with van der Waals surface area (Å²) in [7, 11) is 0. The Morgan fingerprint density at radius 3 is 2.16 bits per heavy atom. The van der Waals surface area contributed by atoms with Gasteiger partial charge in [0.25, 0.3) is 5.91 Å². The zero-order valence-corrected chi connectivity index (χ0v) is 26.0. The van der Waals surface area contributed by atoms with Crippen LogP contribution in [-0.4, -0.2) is 77.8 Å². The van der Waals surface area contributed by atoms with E-state index in [1.807, 2.05) is 26.0 Å². The van der Waals surface area contributed by atoms with Gasteiger partial charge in [0.2, 0.25) is 11.8 Å². The number of benzene rings is 2. The van der Waals surface area contributed by atoms with E-state index in [1.54, 1.807) is 58.4 Å². The Kier molecular flexibility index (Phi) is 9.20. The van der Waals surface area contributed by atoms with Crippen molar-refractivity contribution >= 4 is 40.7 Å². The highest BCUT2D eigenvalue weighted by molar-refractivity contribution is 6.30. The quantitative estimate of drug-likeness (QED) is 0.328. The minimum atomic E-state index is -1.23. The second-order valence-electron chi connectivity index (χ2n) is 11.5. The number of hydrogen-bond donors (Lipinski definition) is 1. The van der Waals surface area contributed by atoms with Gasteiger partial charge in [-0.15, -0.1) is 13.2 Å². The standard InChI is InChI=1S/C34H40ClN3O6/c1-5-19-36(25-13-15-26(16-14-25)43-8-4)30(40)27-28-31(41)38(21-22-39)29(34(28)18-17-33(27,7-3)44-34)32(42)37(20-6-2)24-11-9-23(35)10-12-24/h5-6,9-16,27-29,39H,1-2,7-8,17-22H2,3-4H3/t27-,28-,29?,33+,34?/m0/s1. The molecule has 0 saturated carbocycles. The van der Waals surface area contributed by atoms with E-state index in [0.717, 1.165) is 0 Å². The molecule has 5 rings (SSSR count). The lowest BCUT2D eigenvalue weighted by atomic mass is 9.64. The zero-order chi connectivity index (χ0) is 31.6. The molecule has 1 spiro atoms. The molecule has 234 valence electrons. The van der Waals surface area contributed by atoms with Crippen LogP contribution in [0, 0.1) is 11.8 Å². The fourth-order valence-electron chi connectivity index (χ4n) is 7.45. The molecule has 9 nitrogen and oxygen atoms in total.